The average molecular weight is 1600 g/mol. The number of methoxy groups -OCH3 is 1. The van der Waals surface area contributed by atoms with E-state index in [0.717, 1.165) is 136 Å². The van der Waals surface area contributed by atoms with Gasteiger partial charge in [0.15, 0.2) is 29.0 Å². The highest BCUT2D eigenvalue weighted by molar-refractivity contribution is 7.12. The summed E-state index contributed by atoms with van der Waals surface area (Å²) in [6.45, 7) is 21.7. The number of nitrogens with zero attached hydrogens (tertiary/aromatic N) is 21. The van der Waals surface area contributed by atoms with E-state index in [2.05, 4.69) is 141 Å². The minimum absolute atomic E-state index is 0.215. The van der Waals surface area contributed by atoms with E-state index in [0.29, 0.717) is 98.0 Å². The Labute approximate surface area is 675 Å². The lowest BCUT2D eigenvalue weighted by atomic mass is 10.1. The number of ether oxygens (including phenoxy) is 7. The van der Waals surface area contributed by atoms with Crippen LogP contribution < -0.4 is 68.0 Å². The summed E-state index contributed by atoms with van der Waals surface area (Å²) in [5, 5.41) is 32.9. The van der Waals surface area contributed by atoms with Crippen LogP contribution in [0.5, 0.6) is 23.0 Å². The molecule has 0 aliphatic carbocycles. The first kappa shape index (κ1) is 81.0. The number of pyridine rings is 3. The SMILES string of the molecule is CC1CN(CCCOc2ccc(Nc3nc(N)n(-c4ccccn4)n3)cc2)CC(C)O1.COc1cc(Nc2nc(N)n(-c3ccccn3)n2)ccc1OCCCn1ccnc1.Cc1cc(C)cc(Nc2nc(N)nn2-c2nccs2)c1.Nc1nc(Nc2ccc(OCCCN3CCOCC3)cc2N2CCOCC2)nn1-c1ccccn1. The van der Waals surface area contributed by atoms with E-state index < -0.39 is 0 Å². The Kier molecular flexibility index (Phi) is 28.3. The number of thiazole rings is 1. The molecule has 37 heteroatoms. The molecule has 4 aromatic carbocycles. The second-order valence-electron chi connectivity index (χ2n) is 27.1. The number of imidazole rings is 1. The second kappa shape index (κ2) is 40.6. The van der Waals surface area contributed by atoms with Crippen LogP contribution in [0, 0.1) is 13.8 Å². The van der Waals surface area contributed by atoms with E-state index in [-0.39, 0.29) is 23.8 Å². The zero-order chi connectivity index (χ0) is 80.4. The predicted octanol–water partition coefficient (Wildman–Crippen LogP) is 10.1. The third-order valence-electron chi connectivity index (χ3n) is 18.0. The van der Waals surface area contributed by atoms with E-state index in [1.165, 1.54) is 36.5 Å². The maximum Gasteiger partial charge on any atom is 0.248 e. The van der Waals surface area contributed by atoms with Crippen molar-refractivity contribution in [1.29, 1.82) is 0 Å². The summed E-state index contributed by atoms with van der Waals surface area (Å²) in [4.78, 5) is 45.3. The van der Waals surface area contributed by atoms with Crippen LogP contribution in [0.2, 0.25) is 0 Å². The van der Waals surface area contributed by atoms with Gasteiger partial charge in [0.25, 0.3) is 0 Å². The summed E-state index contributed by atoms with van der Waals surface area (Å²) in [5.41, 5.74) is 30.5. The second-order valence-corrected chi connectivity index (χ2v) is 28.0. The molecule has 3 saturated heterocycles. The van der Waals surface area contributed by atoms with Crippen molar-refractivity contribution in [1.82, 2.24) is 98.3 Å². The molecular formula is C79H97N29O7S. The van der Waals surface area contributed by atoms with E-state index in [1.807, 2.05) is 131 Å². The maximum absolute atomic E-state index is 6.11. The lowest BCUT2D eigenvalue weighted by Gasteiger charge is -2.35. The Morgan fingerprint density at radius 2 is 1.04 bits per heavy atom. The standard InChI is InChI=1S/C24H32N8O3.C22H29N7O2.C20H22N8O2.C13H14N6S/c25-23-28-24(29-32(23)22-4-1-2-7-26-22)27-20-6-5-19(18-21(20)31-11-16-34-17-12-31)35-13-3-8-30-9-14-33-15-10-30;1-16-14-28(15-17(2)31-16)12-5-13-30-19-9-7-18(8-10-19)25-22-26-21(23)29(27-22)20-6-3-4-11-24-20;1-29-17-13-15(6-7-16(17)30-12-4-10-27-11-9-22-14-27)24-20-25-19(21)28(26-20)18-5-2-3-8-23-18;1-8-5-9(2)7-10(6-8)16-12-17-11(14)18-19(12)13-15-3-4-20-13/h1-2,4-7,18H,3,8-17H2,(H3,25,27,28,29);3-4,6-11,16-17H,5,12-15H2,1-2H3,(H3,23,25,26,27);2-3,5-9,11,13-14H,4,10,12H2,1H3,(H3,21,24,25,26);3-7H,1-2H3,(H3,14,16,17,18). The number of aromatic nitrogens is 18. The molecule has 2 atom stereocenters. The minimum atomic E-state index is 0.215. The van der Waals surface area contributed by atoms with Gasteiger partial charge in [0, 0.05) is 131 Å². The number of anilines is 13. The molecule has 3 fully saturated rings. The van der Waals surface area contributed by atoms with Crippen molar-refractivity contribution in [3.8, 4) is 45.6 Å². The van der Waals surface area contributed by atoms with Crippen molar-refractivity contribution in [2.24, 2.45) is 0 Å². The topological polar surface area (TPSA) is 419 Å². The fourth-order valence-electron chi connectivity index (χ4n) is 12.9. The van der Waals surface area contributed by atoms with Crippen LogP contribution >= 0.6 is 11.3 Å². The zero-order valence-electron chi connectivity index (χ0n) is 65.4. The summed E-state index contributed by atoms with van der Waals surface area (Å²) in [5.74, 6) is 7.48. The van der Waals surface area contributed by atoms with Gasteiger partial charge in [-0.15, -0.1) is 31.7 Å². The molecule has 0 spiro atoms. The number of nitrogens with one attached hydrogen (secondary N) is 4. The largest absolute Gasteiger partial charge is 0.494 e. The fourth-order valence-corrected chi connectivity index (χ4v) is 13.5. The van der Waals surface area contributed by atoms with Gasteiger partial charge in [-0.05, 0) is 155 Å². The highest BCUT2D eigenvalue weighted by Gasteiger charge is 2.24. The van der Waals surface area contributed by atoms with Gasteiger partial charge >= 0.3 is 0 Å². The Hall–Kier alpha value is -13.1. The van der Waals surface area contributed by atoms with Gasteiger partial charge in [0.1, 0.15) is 11.5 Å². The number of hydrogen-bond acceptors (Lipinski definition) is 32. The highest BCUT2D eigenvalue weighted by Crippen LogP contribution is 2.35. The van der Waals surface area contributed by atoms with Gasteiger partial charge in [-0.25, -0.2) is 24.9 Å². The lowest BCUT2D eigenvalue weighted by Crippen LogP contribution is -2.45. The van der Waals surface area contributed by atoms with Crippen molar-refractivity contribution < 1.29 is 33.2 Å². The molecule has 0 bridgehead atoms. The Bertz CT molecular complexity index is 5090. The van der Waals surface area contributed by atoms with E-state index in [9.17, 15) is 0 Å². The average Bonchev–Trinajstić information content (AvgIpc) is 1.54. The van der Waals surface area contributed by atoms with Gasteiger partial charge in [-0.1, -0.05) is 24.3 Å². The van der Waals surface area contributed by atoms with Crippen molar-refractivity contribution in [2.75, 3.05) is 155 Å². The van der Waals surface area contributed by atoms with Crippen LogP contribution in [0.3, 0.4) is 0 Å². The van der Waals surface area contributed by atoms with Crippen molar-refractivity contribution >= 4 is 87.4 Å². The summed E-state index contributed by atoms with van der Waals surface area (Å²) in [6.07, 6.45) is 15.6. The minimum Gasteiger partial charge on any atom is -0.494 e. The molecule has 13 aromatic rings. The molecular weight excluding hydrogens is 1500 g/mol. The summed E-state index contributed by atoms with van der Waals surface area (Å²) in [7, 11) is 1.60. The van der Waals surface area contributed by atoms with Gasteiger partial charge < -0.3 is 86.8 Å². The number of benzene rings is 4. The van der Waals surface area contributed by atoms with Crippen LogP contribution in [0.1, 0.15) is 44.2 Å². The highest BCUT2D eigenvalue weighted by atomic mass is 32.1. The van der Waals surface area contributed by atoms with Gasteiger partial charge in [-0.2, -0.15) is 38.7 Å². The molecule has 9 aromatic heterocycles. The molecule has 606 valence electrons. The fraction of sp³-hybridized carbons (Fsp3) is 0.329. The molecule has 3 aliphatic heterocycles. The maximum atomic E-state index is 6.11. The number of morpholine rings is 3. The number of rotatable bonds is 29. The third kappa shape index (κ3) is 23.3. The molecule has 0 amide bonds. The molecule has 16 rings (SSSR count). The Balaban J connectivity index is 0.000000137. The summed E-state index contributed by atoms with van der Waals surface area (Å²) < 4.78 is 48.2. The number of hydrogen-bond donors (Lipinski definition) is 8. The monoisotopic (exact) mass is 1600 g/mol. The first-order valence-corrected chi connectivity index (χ1v) is 39.0. The van der Waals surface area contributed by atoms with Crippen molar-refractivity contribution in [3.05, 3.63) is 193 Å². The number of aryl methyl sites for hydroxylation is 3. The van der Waals surface area contributed by atoms with E-state index in [1.54, 1.807) is 55.2 Å². The predicted molar refractivity (Wildman–Crippen MR) is 446 cm³/mol. The van der Waals surface area contributed by atoms with Crippen molar-refractivity contribution in [3.63, 3.8) is 0 Å². The third-order valence-corrected chi connectivity index (χ3v) is 18.8. The Morgan fingerprint density at radius 1 is 0.491 bits per heavy atom. The number of nitrogen functional groups attached to an aromatic ring is 4. The molecule has 0 radical (unpaired) electrons. The molecule has 2 unspecified atom stereocenters. The van der Waals surface area contributed by atoms with Crippen LogP contribution in [0.15, 0.2) is 182 Å². The quantitative estimate of drug-likeness (QED) is 0.0202. The zero-order valence-corrected chi connectivity index (χ0v) is 66.2. The summed E-state index contributed by atoms with van der Waals surface area (Å²) >= 11 is 1.47. The molecule has 116 heavy (non-hydrogen) atoms. The molecule has 36 nitrogen and oxygen atoms in total. The van der Waals surface area contributed by atoms with Gasteiger partial charge in [0.05, 0.1) is 83.3 Å². The van der Waals surface area contributed by atoms with Crippen LogP contribution in [-0.4, -0.2) is 216 Å². The van der Waals surface area contributed by atoms with E-state index >= 15 is 0 Å². The van der Waals surface area contributed by atoms with Gasteiger partial charge in [-0.3, -0.25) is 9.80 Å². The normalized spacial score (nSPS) is 14.9. The van der Waals surface area contributed by atoms with E-state index in [4.69, 9.17) is 56.1 Å². The van der Waals surface area contributed by atoms with Crippen LogP contribution in [0.25, 0.3) is 22.6 Å². The molecule has 0 saturated carbocycles. The van der Waals surface area contributed by atoms with Gasteiger partial charge in [0.2, 0.25) is 52.7 Å². The van der Waals surface area contributed by atoms with Crippen LogP contribution in [0.4, 0.5) is 76.0 Å². The molecule has 3 aliphatic rings. The first-order valence-electron chi connectivity index (χ1n) is 38.1. The number of nitrogens with two attached hydrogens (primary N) is 4. The lowest BCUT2D eigenvalue weighted by molar-refractivity contribution is -0.0686. The van der Waals surface area contributed by atoms with Crippen molar-refractivity contribution in [2.45, 2.75) is 65.7 Å². The molecule has 12 heterocycles. The first-order chi connectivity index (χ1) is 56.7. The summed E-state index contributed by atoms with van der Waals surface area (Å²) in [6, 6.07) is 42.1. The molecule has 12 N–H and O–H groups in total. The smallest absolute Gasteiger partial charge is 0.248 e. The Morgan fingerprint density at radius 3 is 1.61 bits per heavy atom. The van der Waals surface area contributed by atoms with Crippen LogP contribution in [-0.2, 0) is 20.8 Å².